The topological polar surface area (TPSA) is 12.4 Å². The molecule has 0 aromatic rings. The summed E-state index contributed by atoms with van der Waals surface area (Å²) in [5.41, 5.74) is 0. The summed E-state index contributed by atoms with van der Waals surface area (Å²) in [4.78, 5) is 3.93. The monoisotopic (exact) mass is 149 g/mol. The molecule has 0 aromatic carbocycles. The van der Waals surface area contributed by atoms with E-state index in [1.54, 1.807) is 23.5 Å². The molecule has 0 amide bonds. The maximum absolute atomic E-state index is 3.93. The van der Waals surface area contributed by atoms with Crippen molar-refractivity contribution in [3.63, 3.8) is 0 Å². The van der Waals surface area contributed by atoms with Gasteiger partial charge in [-0.05, 0) is 26.2 Å². The van der Waals surface area contributed by atoms with Crippen LogP contribution in [0, 0.1) is 0 Å². The van der Waals surface area contributed by atoms with Crippen LogP contribution in [-0.2, 0) is 0 Å². The Balaban J connectivity index is 3.76. The Labute approximate surface area is 59.3 Å². The van der Waals surface area contributed by atoms with Gasteiger partial charge in [-0.25, -0.2) is 0 Å². The first-order chi connectivity index (χ1) is 3.68. The van der Waals surface area contributed by atoms with Gasteiger partial charge in [-0.3, -0.25) is 4.99 Å². The van der Waals surface area contributed by atoms with Gasteiger partial charge in [0.15, 0.2) is 0 Å². The minimum Gasteiger partial charge on any atom is -0.273 e. The Morgan fingerprint density at radius 3 is 1.75 bits per heavy atom. The number of thioether (sulfide) groups is 2. The number of rotatable bonds is 3. The summed E-state index contributed by atoms with van der Waals surface area (Å²) in [6, 6.07) is 0. The Morgan fingerprint density at radius 2 is 1.75 bits per heavy atom. The third kappa shape index (κ3) is 2.09. The van der Waals surface area contributed by atoms with Crippen LogP contribution in [0.5, 0.6) is 0 Å². The third-order valence-corrected chi connectivity index (χ3v) is 3.82. The molecule has 0 fully saturated rings. The lowest BCUT2D eigenvalue weighted by atomic mass is 10.8. The molecule has 0 saturated carbocycles. The minimum absolute atomic E-state index is 0.0278. The lowest BCUT2D eigenvalue weighted by Gasteiger charge is -2.17. The van der Waals surface area contributed by atoms with Gasteiger partial charge in [0.1, 0.15) is 4.20 Å². The molecule has 8 heavy (non-hydrogen) atoms. The zero-order valence-corrected chi connectivity index (χ0v) is 7.10. The molecule has 0 aromatic heterocycles. The van der Waals surface area contributed by atoms with Crippen molar-refractivity contribution in [3.05, 3.63) is 0 Å². The predicted octanol–water partition coefficient (Wildman–Crippen LogP) is 2.09. The smallest absolute Gasteiger partial charge is 0.147 e. The Bertz CT molecular complexity index is 78.5. The SMILES string of the molecule is C=NC(C)(SC)SC. The van der Waals surface area contributed by atoms with Crippen molar-refractivity contribution in [3.8, 4) is 0 Å². The molecule has 1 nitrogen and oxygen atoms in total. The van der Waals surface area contributed by atoms with Crippen LogP contribution >= 0.6 is 23.5 Å². The molecule has 0 aliphatic heterocycles. The van der Waals surface area contributed by atoms with Crippen molar-refractivity contribution in [2.75, 3.05) is 12.5 Å². The van der Waals surface area contributed by atoms with Gasteiger partial charge in [0.2, 0.25) is 0 Å². The van der Waals surface area contributed by atoms with Gasteiger partial charge in [0.25, 0.3) is 0 Å². The quantitative estimate of drug-likeness (QED) is 0.450. The molecular formula is C5H11NS2. The van der Waals surface area contributed by atoms with E-state index in [-0.39, 0.29) is 4.20 Å². The minimum atomic E-state index is -0.0278. The van der Waals surface area contributed by atoms with Gasteiger partial charge in [0.05, 0.1) is 0 Å². The average molecular weight is 149 g/mol. The number of aliphatic imine (C=N–C) groups is 1. The van der Waals surface area contributed by atoms with Gasteiger partial charge in [0, 0.05) is 0 Å². The molecule has 0 aliphatic rings. The first-order valence-electron chi connectivity index (χ1n) is 2.26. The Kier molecular flexibility index (Phi) is 3.56. The first kappa shape index (κ1) is 8.37. The van der Waals surface area contributed by atoms with E-state index in [1.165, 1.54) is 0 Å². The molecule has 0 heterocycles. The number of hydrogen-bond acceptors (Lipinski definition) is 3. The van der Waals surface area contributed by atoms with Crippen molar-refractivity contribution in [2.45, 2.75) is 11.1 Å². The lowest BCUT2D eigenvalue weighted by Crippen LogP contribution is -2.07. The highest BCUT2D eigenvalue weighted by Gasteiger charge is 2.16. The second-order valence-corrected chi connectivity index (χ2v) is 4.13. The highest BCUT2D eigenvalue weighted by Crippen LogP contribution is 2.33. The van der Waals surface area contributed by atoms with Crippen LogP contribution in [0.1, 0.15) is 6.92 Å². The fourth-order valence-electron chi connectivity index (χ4n) is 0.212. The maximum atomic E-state index is 3.93. The summed E-state index contributed by atoms with van der Waals surface area (Å²) in [6.45, 7) is 5.53. The zero-order chi connectivity index (χ0) is 6.62. The van der Waals surface area contributed by atoms with Crippen LogP contribution in [-0.4, -0.2) is 23.4 Å². The average Bonchev–Trinajstić information content (AvgIpc) is 1.87. The van der Waals surface area contributed by atoms with Crippen LogP contribution < -0.4 is 0 Å². The molecule has 0 aliphatic carbocycles. The summed E-state index contributed by atoms with van der Waals surface area (Å²) in [6.07, 6.45) is 4.07. The summed E-state index contributed by atoms with van der Waals surface area (Å²) in [7, 11) is 0. The molecule has 0 N–H and O–H groups in total. The molecule has 0 saturated heterocycles. The number of hydrogen-bond donors (Lipinski definition) is 0. The maximum Gasteiger partial charge on any atom is 0.147 e. The van der Waals surface area contributed by atoms with Crippen LogP contribution in [0.15, 0.2) is 4.99 Å². The van der Waals surface area contributed by atoms with Crippen LogP contribution in [0.25, 0.3) is 0 Å². The van der Waals surface area contributed by atoms with E-state index in [2.05, 4.69) is 18.6 Å². The van der Waals surface area contributed by atoms with E-state index in [0.717, 1.165) is 0 Å². The summed E-state index contributed by atoms with van der Waals surface area (Å²) in [5.74, 6) is 0. The molecular weight excluding hydrogens is 138 g/mol. The van der Waals surface area contributed by atoms with Crippen molar-refractivity contribution in [1.82, 2.24) is 0 Å². The Hall–Kier alpha value is 0.370. The highest BCUT2D eigenvalue weighted by atomic mass is 32.2. The fourth-order valence-corrected chi connectivity index (χ4v) is 1.14. The molecule has 0 spiro atoms. The normalized spacial score (nSPS) is 11.4. The molecule has 0 bridgehead atoms. The fraction of sp³-hybridized carbons (Fsp3) is 0.800. The summed E-state index contributed by atoms with van der Waals surface area (Å²) >= 11 is 3.41. The van der Waals surface area contributed by atoms with Crippen LogP contribution in [0.2, 0.25) is 0 Å². The van der Waals surface area contributed by atoms with Crippen molar-refractivity contribution in [1.29, 1.82) is 0 Å². The molecule has 0 atom stereocenters. The molecule has 0 unspecified atom stereocenters. The van der Waals surface area contributed by atoms with Crippen molar-refractivity contribution in [2.24, 2.45) is 4.99 Å². The van der Waals surface area contributed by atoms with E-state index in [9.17, 15) is 0 Å². The van der Waals surface area contributed by atoms with E-state index >= 15 is 0 Å². The van der Waals surface area contributed by atoms with E-state index in [1.807, 2.05) is 12.5 Å². The van der Waals surface area contributed by atoms with Gasteiger partial charge < -0.3 is 0 Å². The predicted molar refractivity (Wildman–Crippen MR) is 45.0 cm³/mol. The molecule has 48 valence electrons. The lowest BCUT2D eigenvalue weighted by molar-refractivity contribution is 0.985. The van der Waals surface area contributed by atoms with Gasteiger partial charge in [-0.2, -0.15) is 0 Å². The summed E-state index contributed by atoms with van der Waals surface area (Å²) < 4.78 is -0.0278. The largest absolute Gasteiger partial charge is 0.273 e. The second-order valence-electron chi connectivity index (χ2n) is 1.46. The van der Waals surface area contributed by atoms with E-state index in [0.29, 0.717) is 0 Å². The van der Waals surface area contributed by atoms with Crippen molar-refractivity contribution >= 4 is 30.2 Å². The first-order valence-corrected chi connectivity index (χ1v) is 4.71. The number of nitrogens with zero attached hydrogens (tertiary/aromatic N) is 1. The molecule has 3 heteroatoms. The van der Waals surface area contributed by atoms with Crippen LogP contribution in [0.4, 0.5) is 0 Å². The van der Waals surface area contributed by atoms with E-state index in [4.69, 9.17) is 0 Å². The summed E-state index contributed by atoms with van der Waals surface area (Å²) in [5, 5.41) is 0. The van der Waals surface area contributed by atoms with Gasteiger partial charge in [-0.1, -0.05) is 0 Å². The zero-order valence-electron chi connectivity index (χ0n) is 5.47. The Morgan fingerprint density at radius 1 is 1.38 bits per heavy atom. The highest BCUT2D eigenvalue weighted by molar-refractivity contribution is 8.17. The standard InChI is InChI=1S/C5H11NS2/c1-5(6-2,7-3)8-4/h2H2,1,3-4H3. The third-order valence-electron chi connectivity index (χ3n) is 1.04. The van der Waals surface area contributed by atoms with Gasteiger partial charge >= 0.3 is 0 Å². The molecule has 0 rings (SSSR count). The van der Waals surface area contributed by atoms with Crippen molar-refractivity contribution < 1.29 is 0 Å². The van der Waals surface area contributed by atoms with Crippen LogP contribution in [0.3, 0.4) is 0 Å². The van der Waals surface area contributed by atoms with E-state index < -0.39 is 0 Å². The second kappa shape index (κ2) is 3.41. The van der Waals surface area contributed by atoms with Gasteiger partial charge in [-0.15, -0.1) is 23.5 Å². The molecule has 0 radical (unpaired) electrons.